The first kappa shape index (κ1) is 15.3. The fraction of sp³-hybridized carbons (Fsp3) is 0.571. The third-order valence-corrected chi connectivity index (χ3v) is 4.99. The maximum atomic E-state index is 12.3. The molecule has 20 heavy (non-hydrogen) atoms. The molecule has 1 aromatic carbocycles. The van der Waals surface area contributed by atoms with Crippen LogP contribution in [0.3, 0.4) is 0 Å². The predicted octanol–water partition coefficient (Wildman–Crippen LogP) is 1.17. The summed E-state index contributed by atoms with van der Waals surface area (Å²) in [4.78, 5) is 2.50. The zero-order valence-corrected chi connectivity index (χ0v) is 13.1. The van der Waals surface area contributed by atoms with E-state index in [-0.39, 0.29) is 5.54 Å². The topological polar surface area (TPSA) is 61.4 Å². The molecule has 112 valence electrons. The average molecular weight is 297 g/mol. The lowest BCUT2D eigenvalue weighted by Gasteiger charge is -2.41. The summed E-state index contributed by atoms with van der Waals surface area (Å²) in [5, 5.41) is 3.43. The lowest BCUT2D eigenvalue weighted by atomic mass is 10.0. The van der Waals surface area contributed by atoms with E-state index in [4.69, 9.17) is 0 Å². The number of hydrogen-bond donors (Lipinski definition) is 2. The van der Waals surface area contributed by atoms with Gasteiger partial charge in [-0.05, 0) is 26.0 Å². The van der Waals surface area contributed by atoms with Crippen molar-refractivity contribution < 1.29 is 8.42 Å². The van der Waals surface area contributed by atoms with E-state index in [1.54, 1.807) is 19.1 Å². The van der Waals surface area contributed by atoms with Crippen molar-refractivity contribution in [3.8, 4) is 0 Å². The number of para-hydroxylation sites is 1. The first-order chi connectivity index (χ1) is 9.36. The highest BCUT2D eigenvalue weighted by molar-refractivity contribution is 7.89. The number of nitrogens with one attached hydrogen (secondary N) is 2. The van der Waals surface area contributed by atoms with Gasteiger partial charge in [0.1, 0.15) is 4.90 Å². The highest BCUT2D eigenvalue weighted by atomic mass is 32.2. The van der Waals surface area contributed by atoms with Gasteiger partial charge in [0.25, 0.3) is 0 Å². The van der Waals surface area contributed by atoms with Crippen molar-refractivity contribution in [2.24, 2.45) is 0 Å². The summed E-state index contributed by atoms with van der Waals surface area (Å²) < 4.78 is 27.2. The van der Waals surface area contributed by atoms with Crippen molar-refractivity contribution >= 4 is 15.7 Å². The maximum absolute atomic E-state index is 12.3. The van der Waals surface area contributed by atoms with Gasteiger partial charge in [0.05, 0.1) is 5.69 Å². The summed E-state index contributed by atoms with van der Waals surface area (Å²) in [7, 11) is -3.44. The third kappa shape index (κ3) is 3.31. The molecule has 1 aromatic rings. The lowest BCUT2D eigenvalue weighted by molar-refractivity contribution is 0.352. The number of sulfonamides is 1. The summed E-state index contributed by atoms with van der Waals surface area (Å²) in [6.45, 7) is 8.87. The van der Waals surface area contributed by atoms with Gasteiger partial charge in [-0.15, -0.1) is 0 Å². The van der Waals surface area contributed by atoms with Gasteiger partial charge in [0.2, 0.25) is 10.0 Å². The van der Waals surface area contributed by atoms with E-state index in [9.17, 15) is 8.42 Å². The molecular weight excluding hydrogens is 274 g/mol. The van der Waals surface area contributed by atoms with Crippen molar-refractivity contribution in [1.82, 2.24) is 10.0 Å². The van der Waals surface area contributed by atoms with Crippen molar-refractivity contribution in [2.75, 3.05) is 31.1 Å². The van der Waals surface area contributed by atoms with Crippen LogP contribution in [0, 0.1) is 0 Å². The molecule has 0 radical (unpaired) electrons. The van der Waals surface area contributed by atoms with E-state index in [1.165, 1.54) is 0 Å². The first-order valence-corrected chi connectivity index (χ1v) is 8.43. The second kappa shape index (κ2) is 5.71. The van der Waals surface area contributed by atoms with Crippen LogP contribution < -0.4 is 14.9 Å². The molecule has 0 aliphatic carbocycles. The molecule has 6 heteroatoms. The van der Waals surface area contributed by atoms with Crippen LogP contribution >= 0.6 is 0 Å². The minimum Gasteiger partial charge on any atom is -0.367 e. The number of nitrogens with zero attached hydrogens (tertiary/aromatic N) is 1. The van der Waals surface area contributed by atoms with E-state index in [2.05, 4.69) is 28.8 Å². The Labute approximate surface area is 121 Å². The van der Waals surface area contributed by atoms with E-state index >= 15 is 0 Å². The van der Waals surface area contributed by atoms with Crippen LogP contribution in [0.5, 0.6) is 0 Å². The Balaban J connectivity index is 2.38. The Morgan fingerprint density at radius 3 is 2.70 bits per heavy atom. The van der Waals surface area contributed by atoms with Gasteiger partial charge in [-0.1, -0.05) is 19.1 Å². The van der Waals surface area contributed by atoms with E-state index < -0.39 is 10.0 Å². The number of piperazine rings is 1. The number of anilines is 1. The second-order valence-corrected chi connectivity index (χ2v) is 7.44. The Morgan fingerprint density at radius 1 is 1.35 bits per heavy atom. The van der Waals surface area contributed by atoms with Crippen LogP contribution in [0.1, 0.15) is 20.8 Å². The van der Waals surface area contributed by atoms with Crippen LogP contribution in [-0.2, 0) is 10.0 Å². The Hall–Kier alpha value is -1.11. The highest BCUT2D eigenvalue weighted by Crippen LogP contribution is 2.27. The average Bonchev–Trinajstić information content (AvgIpc) is 2.37. The molecule has 0 saturated carbocycles. The third-order valence-electron chi connectivity index (χ3n) is 3.40. The molecule has 1 aliphatic heterocycles. The molecule has 1 saturated heterocycles. The standard InChI is InChI=1S/C14H23N3O2S/c1-4-16-20(18,19)13-8-6-5-7-12(13)17-10-9-15-14(2,3)11-17/h5-8,15-16H,4,9-11H2,1-3H3. The predicted molar refractivity (Wildman–Crippen MR) is 81.6 cm³/mol. The molecule has 2 rings (SSSR count). The molecule has 1 fully saturated rings. The van der Waals surface area contributed by atoms with Crippen molar-refractivity contribution in [2.45, 2.75) is 31.2 Å². The lowest BCUT2D eigenvalue weighted by Crippen LogP contribution is -2.57. The molecule has 0 bridgehead atoms. The van der Waals surface area contributed by atoms with Gasteiger partial charge in [0, 0.05) is 31.7 Å². The SMILES string of the molecule is CCNS(=O)(=O)c1ccccc1N1CCNC(C)(C)C1. The van der Waals surface area contributed by atoms with Gasteiger partial charge < -0.3 is 10.2 Å². The zero-order chi connectivity index (χ0) is 14.8. The van der Waals surface area contributed by atoms with E-state index in [0.29, 0.717) is 11.4 Å². The summed E-state index contributed by atoms with van der Waals surface area (Å²) in [6.07, 6.45) is 0. The molecule has 5 nitrogen and oxygen atoms in total. The van der Waals surface area contributed by atoms with Gasteiger partial charge >= 0.3 is 0 Å². The maximum Gasteiger partial charge on any atom is 0.242 e. The number of benzene rings is 1. The minimum atomic E-state index is -3.44. The van der Waals surface area contributed by atoms with Crippen LogP contribution in [0.2, 0.25) is 0 Å². The van der Waals surface area contributed by atoms with E-state index in [0.717, 1.165) is 25.3 Å². The quantitative estimate of drug-likeness (QED) is 0.876. The molecule has 2 N–H and O–H groups in total. The molecule has 1 heterocycles. The highest BCUT2D eigenvalue weighted by Gasteiger charge is 2.29. The Morgan fingerprint density at radius 2 is 2.05 bits per heavy atom. The summed E-state index contributed by atoms with van der Waals surface area (Å²) >= 11 is 0. The van der Waals surface area contributed by atoms with Crippen LogP contribution in [0.15, 0.2) is 29.2 Å². The molecule has 1 aliphatic rings. The molecule has 0 unspecified atom stereocenters. The number of hydrogen-bond acceptors (Lipinski definition) is 4. The first-order valence-electron chi connectivity index (χ1n) is 6.94. The fourth-order valence-electron chi connectivity index (χ4n) is 2.56. The smallest absolute Gasteiger partial charge is 0.242 e. The fourth-order valence-corrected chi connectivity index (χ4v) is 3.83. The minimum absolute atomic E-state index is 0.0205. The largest absolute Gasteiger partial charge is 0.367 e. The van der Waals surface area contributed by atoms with Crippen molar-refractivity contribution in [1.29, 1.82) is 0 Å². The van der Waals surface area contributed by atoms with Gasteiger partial charge in [-0.2, -0.15) is 0 Å². The normalized spacial score (nSPS) is 19.1. The zero-order valence-electron chi connectivity index (χ0n) is 12.3. The Kier molecular flexibility index (Phi) is 4.36. The molecule has 0 spiro atoms. The molecule has 0 atom stereocenters. The Bertz CT molecular complexity index is 570. The van der Waals surface area contributed by atoms with Crippen LogP contribution in [0.25, 0.3) is 0 Å². The van der Waals surface area contributed by atoms with Crippen molar-refractivity contribution in [3.05, 3.63) is 24.3 Å². The van der Waals surface area contributed by atoms with Gasteiger partial charge in [0.15, 0.2) is 0 Å². The number of rotatable bonds is 4. The van der Waals surface area contributed by atoms with Crippen molar-refractivity contribution in [3.63, 3.8) is 0 Å². The summed E-state index contributed by atoms with van der Waals surface area (Å²) in [6, 6.07) is 7.20. The van der Waals surface area contributed by atoms with Crippen LogP contribution in [-0.4, -0.2) is 40.1 Å². The van der Waals surface area contributed by atoms with Gasteiger partial charge in [-0.25, -0.2) is 13.1 Å². The molecular formula is C14H23N3O2S. The summed E-state index contributed by atoms with van der Waals surface area (Å²) in [5.74, 6) is 0. The molecule has 0 amide bonds. The second-order valence-electron chi connectivity index (χ2n) is 5.70. The van der Waals surface area contributed by atoms with E-state index in [1.807, 2.05) is 12.1 Å². The van der Waals surface area contributed by atoms with Crippen LogP contribution in [0.4, 0.5) is 5.69 Å². The molecule has 0 aromatic heterocycles. The summed E-state index contributed by atoms with van der Waals surface area (Å²) in [5.41, 5.74) is 0.760. The monoisotopic (exact) mass is 297 g/mol. The van der Waals surface area contributed by atoms with Gasteiger partial charge in [-0.3, -0.25) is 0 Å².